The molecule has 0 saturated carbocycles. The predicted octanol–water partition coefficient (Wildman–Crippen LogP) is 3.88. The number of aromatic nitrogens is 1. The lowest BCUT2D eigenvalue weighted by Gasteiger charge is -2.37. The highest BCUT2D eigenvalue weighted by Gasteiger charge is 2.40. The third-order valence-corrected chi connectivity index (χ3v) is 5.61. The zero-order valence-corrected chi connectivity index (χ0v) is 17.1. The van der Waals surface area contributed by atoms with Crippen molar-refractivity contribution in [2.75, 3.05) is 12.0 Å². The standard InChI is InChI=1S/C20H24N2O4S/c1-6-14(20(24)25-5)22-15-10-13(18-11(3)27-12(4)21-18)8-9-17(15)26-16(7-2)19(22)23/h8-10,14,16H,6-7H2,1-5H3. The maximum atomic E-state index is 13.0. The van der Waals surface area contributed by atoms with Crippen LogP contribution in [-0.2, 0) is 14.3 Å². The summed E-state index contributed by atoms with van der Waals surface area (Å²) >= 11 is 1.63. The van der Waals surface area contributed by atoms with Gasteiger partial charge in [0.05, 0.1) is 23.5 Å². The van der Waals surface area contributed by atoms with E-state index < -0.39 is 18.1 Å². The molecule has 0 aliphatic carbocycles. The van der Waals surface area contributed by atoms with Crippen molar-refractivity contribution in [2.45, 2.75) is 52.7 Å². The molecule has 7 heteroatoms. The number of carbonyl (C=O) groups is 2. The second-order valence-electron chi connectivity index (χ2n) is 6.49. The number of hydrogen-bond acceptors (Lipinski definition) is 6. The van der Waals surface area contributed by atoms with Crippen LogP contribution in [0.5, 0.6) is 5.75 Å². The third kappa shape index (κ3) is 3.43. The van der Waals surface area contributed by atoms with E-state index >= 15 is 0 Å². The first-order valence-electron chi connectivity index (χ1n) is 9.07. The first-order valence-corrected chi connectivity index (χ1v) is 9.88. The molecule has 0 spiro atoms. The topological polar surface area (TPSA) is 68.7 Å². The van der Waals surface area contributed by atoms with Crippen LogP contribution in [0.4, 0.5) is 5.69 Å². The number of esters is 1. The van der Waals surface area contributed by atoms with E-state index in [0.717, 1.165) is 21.1 Å². The number of benzene rings is 1. The van der Waals surface area contributed by atoms with Gasteiger partial charge in [0, 0.05) is 10.4 Å². The van der Waals surface area contributed by atoms with Crippen LogP contribution in [0.2, 0.25) is 0 Å². The molecule has 2 aromatic rings. The number of fused-ring (bicyclic) bond motifs is 1. The molecule has 2 atom stereocenters. The predicted molar refractivity (Wildman–Crippen MR) is 105 cm³/mol. The monoisotopic (exact) mass is 388 g/mol. The molecule has 6 nitrogen and oxygen atoms in total. The molecule has 1 amide bonds. The summed E-state index contributed by atoms with van der Waals surface area (Å²) in [7, 11) is 1.34. The van der Waals surface area contributed by atoms with E-state index in [1.807, 2.05) is 45.9 Å². The fourth-order valence-corrected chi connectivity index (χ4v) is 4.24. The van der Waals surface area contributed by atoms with Gasteiger partial charge in [-0.15, -0.1) is 11.3 Å². The van der Waals surface area contributed by atoms with Crippen LogP contribution in [0.15, 0.2) is 18.2 Å². The Hall–Kier alpha value is -2.41. The second-order valence-corrected chi connectivity index (χ2v) is 7.90. The molecule has 0 saturated heterocycles. The summed E-state index contributed by atoms with van der Waals surface area (Å²) in [6.45, 7) is 7.74. The van der Waals surface area contributed by atoms with Gasteiger partial charge in [-0.1, -0.05) is 13.8 Å². The molecule has 2 heterocycles. The summed E-state index contributed by atoms with van der Waals surface area (Å²) in [6, 6.07) is 4.99. The quantitative estimate of drug-likeness (QED) is 0.727. The van der Waals surface area contributed by atoms with Gasteiger partial charge in [-0.2, -0.15) is 0 Å². The number of rotatable bonds is 5. The molecule has 0 fully saturated rings. The Morgan fingerprint density at radius 3 is 2.67 bits per heavy atom. The smallest absolute Gasteiger partial charge is 0.328 e. The van der Waals surface area contributed by atoms with E-state index in [2.05, 4.69) is 4.98 Å². The van der Waals surface area contributed by atoms with Crippen molar-refractivity contribution < 1.29 is 19.1 Å². The van der Waals surface area contributed by atoms with E-state index in [1.165, 1.54) is 12.0 Å². The Labute approximate surface area is 163 Å². The normalized spacial score (nSPS) is 17.3. The van der Waals surface area contributed by atoms with Gasteiger partial charge < -0.3 is 9.47 Å². The minimum Gasteiger partial charge on any atom is -0.478 e. The van der Waals surface area contributed by atoms with Crippen molar-refractivity contribution in [3.8, 4) is 17.0 Å². The first-order chi connectivity index (χ1) is 12.9. The first kappa shape index (κ1) is 19.4. The highest BCUT2D eigenvalue weighted by molar-refractivity contribution is 7.11. The number of anilines is 1. The number of amides is 1. The van der Waals surface area contributed by atoms with Crippen molar-refractivity contribution in [1.29, 1.82) is 0 Å². The number of hydrogen-bond donors (Lipinski definition) is 0. The Bertz CT molecular complexity index is 877. The molecule has 1 aliphatic heterocycles. The molecule has 0 radical (unpaired) electrons. The number of aryl methyl sites for hydroxylation is 2. The maximum absolute atomic E-state index is 13.0. The van der Waals surface area contributed by atoms with Gasteiger partial charge in [0.25, 0.3) is 5.91 Å². The molecule has 144 valence electrons. The number of carbonyl (C=O) groups excluding carboxylic acids is 2. The minimum atomic E-state index is -0.687. The Morgan fingerprint density at radius 2 is 2.11 bits per heavy atom. The number of thiazole rings is 1. The second kappa shape index (κ2) is 7.68. The highest BCUT2D eigenvalue weighted by Crippen LogP contribution is 2.40. The van der Waals surface area contributed by atoms with Gasteiger partial charge in [0.15, 0.2) is 6.10 Å². The largest absolute Gasteiger partial charge is 0.478 e. The van der Waals surface area contributed by atoms with Crippen LogP contribution in [0.3, 0.4) is 0 Å². The molecule has 1 aliphatic rings. The Morgan fingerprint density at radius 1 is 1.37 bits per heavy atom. The summed E-state index contributed by atoms with van der Waals surface area (Å²) in [5, 5.41) is 0.983. The Balaban J connectivity index is 2.14. The van der Waals surface area contributed by atoms with Crippen LogP contribution in [-0.4, -0.2) is 36.1 Å². The van der Waals surface area contributed by atoms with E-state index in [1.54, 1.807) is 11.3 Å². The number of methoxy groups -OCH3 is 1. The van der Waals surface area contributed by atoms with Crippen molar-refractivity contribution >= 4 is 28.9 Å². The summed E-state index contributed by atoms with van der Waals surface area (Å²) in [4.78, 5) is 32.6. The van der Waals surface area contributed by atoms with E-state index in [-0.39, 0.29) is 5.91 Å². The van der Waals surface area contributed by atoms with Crippen LogP contribution < -0.4 is 9.64 Å². The van der Waals surface area contributed by atoms with Gasteiger partial charge in [-0.25, -0.2) is 9.78 Å². The zero-order chi connectivity index (χ0) is 19.7. The van der Waals surface area contributed by atoms with Crippen molar-refractivity contribution in [3.05, 3.63) is 28.1 Å². The van der Waals surface area contributed by atoms with E-state index in [4.69, 9.17) is 9.47 Å². The average Bonchev–Trinajstić information content (AvgIpc) is 3.01. The van der Waals surface area contributed by atoms with Crippen LogP contribution in [0.1, 0.15) is 36.6 Å². The molecule has 1 aromatic heterocycles. The SMILES string of the molecule is CCC1Oc2ccc(-c3nc(C)sc3C)cc2N(C(CC)C(=O)OC)C1=O. The lowest BCUT2D eigenvalue weighted by Crippen LogP contribution is -2.53. The van der Waals surface area contributed by atoms with Crippen molar-refractivity contribution in [3.63, 3.8) is 0 Å². The molecular weight excluding hydrogens is 364 g/mol. The molecule has 0 bridgehead atoms. The van der Waals surface area contributed by atoms with Crippen molar-refractivity contribution in [2.24, 2.45) is 0 Å². The van der Waals surface area contributed by atoms with Crippen LogP contribution in [0.25, 0.3) is 11.3 Å². The maximum Gasteiger partial charge on any atom is 0.328 e. The lowest BCUT2D eigenvalue weighted by atomic mass is 10.0. The number of ether oxygens (including phenoxy) is 2. The van der Waals surface area contributed by atoms with Crippen LogP contribution >= 0.6 is 11.3 Å². The fraction of sp³-hybridized carbons (Fsp3) is 0.450. The highest BCUT2D eigenvalue weighted by atomic mass is 32.1. The Kier molecular flexibility index (Phi) is 5.51. The minimum absolute atomic E-state index is 0.217. The van der Waals surface area contributed by atoms with Gasteiger partial charge in [0.2, 0.25) is 0 Å². The number of nitrogens with zero attached hydrogens (tertiary/aromatic N) is 2. The van der Waals surface area contributed by atoms with Gasteiger partial charge >= 0.3 is 5.97 Å². The molecule has 27 heavy (non-hydrogen) atoms. The van der Waals surface area contributed by atoms with Gasteiger partial charge in [0.1, 0.15) is 11.8 Å². The molecule has 2 unspecified atom stereocenters. The van der Waals surface area contributed by atoms with Gasteiger partial charge in [-0.05, 0) is 44.9 Å². The third-order valence-electron chi connectivity index (χ3n) is 4.72. The zero-order valence-electron chi connectivity index (χ0n) is 16.2. The van der Waals surface area contributed by atoms with E-state index in [9.17, 15) is 9.59 Å². The molecule has 1 aromatic carbocycles. The molecule has 3 rings (SSSR count). The van der Waals surface area contributed by atoms with Crippen molar-refractivity contribution in [1.82, 2.24) is 4.98 Å². The molecular formula is C20H24N2O4S. The summed E-state index contributed by atoms with van der Waals surface area (Å²) < 4.78 is 10.8. The van der Waals surface area contributed by atoms with Crippen LogP contribution in [0, 0.1) is 13.8 Å². The van der Waals surface area contributed by atoms with E-state index in [0.29, 0.717) is 24.3 Å². The van der Waals surface area contributed by atoms with Gasteiger partial charge in [-0.3, -0.25) is 9.69 Å². The fourth-order valence-electron chi connectivity index (χ4n) is 3.40. The summed E-state index contributed by atoms with van der Waals surface area (Å²) in [6.07, 6.45) is 0.372. The average molecular weight is 388 g/mol. The lowest BCUT2D eigenvalue weighted by molar-refractivity contribution is -0.144. The molecule has 0 N–H and O–H groups in total. The summed E-state index contributed by atoms with van der Waals surface area (Å²) in [5.74, 6) is -0.0534. The summed E-state index contributed by atoms with van der Waals surface area (Å²) in [5.41, 5.74) is 2.37.